The summed E-state index contributed by atoms with van der Waals surface area (Å²) < 4.78 is 12.9. The first-order valence-corrected chi connectivity index (χ1v) is 7.27. The summed E-state index contributed by atoms with van der Waals surface area (Å²) in [5.74, 6) is -0.658. The number of nitrogens with zero attached hydrogens (tertiary/aromatic N) is 1. The molecule has 0 aliphatic carbocycles. The lowest BCUT2D eigenvalue weighted by atomic mass is 10.2. The zero-order valence-corrected chi connectivity index (χ0v) is 12.8. The molecule has 0 fully saturated rings. The number of carbonyl (C=O) groups excluding carboxylic acids is 2. The molecule has 0 aliphatic rings. The minimum Gasteiger partial charge on any atom is -0.324 e. The van der Waals surface area contributed by atoms with Gasteiger partial charge in [-0.15, -0.1) is 0 Å². The smallest absolute Gasteiger partial charge is 0.256 e. The zero-order chi connectivity index (χ0) is 17.1. The molecular formula is C18H14FN3O2. The highest BCUT2D eigenvalue weighted by atomic mass is 19.1. The van der Waals surface area contributed by atoms with Crippen molar-refractivity contribution in [3.63, 3.8) is 0 Å². The number of para-hydroxylation sites is 1. The van der Waals surface area contributed by atoms with Crippen molar-refractivity contribution >= 4 is 34.2 Å². The lowest BCUT2D eigenvalue weighted by Gasteiger charge is -2.09. The molecule has 0 atom stereocenters. The van der Waals surface area contributed by atoms with E-state index in [0.29, 0.717) is 22.6 Å². The summed E-state index contributed by atoms with van der Waals surface area (Å²) in [7, 11) is 0. The minimum atomic E-state index is -0.407. The molecule has 0 bridgehead atoms. The number of carbonyl (C=O) groups is 2. The second-order valence-electron chi connectivity index (χ2n) is 5.22. The van der Waals surface area contributed by atoms with E-state index in [1.165, 1.54) is 31.2 Å². The molecule has 6 heteroatoms. The van der Waals surface area contributed by atoms with Gasteiger partial charge in [-0.2, -0.15) is 0 Å². The molecule has 2 aromatic carbocycles. The van der Waals surface area contributed by atoms with Gasteiger partial charge in [-0.05, 0) is 42.5 Å². The van der Waals surface area contributed by atoms with E-state index in [2.05, 4.69) is 15.6 Å². The summed E-state index contributed by atoms with van der Waals surface area (Å²) in [5, 5.41) is 6.21. The van der Waals surface area contributed by atoms with Gasteiger partial charge in [-0.25, -0.2) is 9.37 Å². The summed E-state index contributed by atoms with van der Waals surface area (Å²) >= 11 is 0. The van der Waals surface area contributed by atoms with Crippen LogP contribution in [0, 0.1) is 5.82 Å². The Morgan fingerprint density at radius 1 is 0.958 bits per heavy atom. The number of hydrogen-bond acceptors (Lipinski definition) is 3. The second-order valence-corrected chi connectivity index (χ2v) is 5.22. The van der Waals surface area contributed by atoms with Gasteiger partial charge in [0.1, 0.15) is 11.6 Å². The number of nitrogens with one attached hydrogen (secondary N) is 2. The second kappa shape index (κ2) is 6.45. The molecule has 2 N–H and O–H groups in total. The van der Waals surface area contributed by atoms with Crippen molar-refractivity contribution in [2.45, 2.75) is 6.92 Å². The predicted octanol–water partition coefficient (Wildman–Crippen LogP) is 3.58. The van der Waals surface area contributed by atoms with Crippen molar-refractivity contribution in [1.82, 2.24) is 4.98 Å². The van der Waals surface area contributed by atoms with Gasteiger partial charge >= 0.3 is 0 Å². The Morgan fingerprint density at radius 2 is 1.71 bits per heavy atom. The maximum absolute atomic E-state index is 12.9. The Morgan fingerprint density at radius 3 is 2.42 bits per heavy atom. The fourth-order valence-corrected chi connectivity index (χ4v) is 2.30. The number of benzene rings is 2. The van der Waals surface area contributed by atoms with Gasteiger partial charge in [0.2, 0.25) is 5.91 Å². The van der Waals surface area contributed by atoms with Crippen LogP contribution in [0.5, 0.6) is 0 Å². The molecule has 0 radical (unpaired) electrons. The quantitative estimate of drug-likeness (QED) is 0.774. The van der Waals surface area contributed by atoms with Gasteiger partial charge in [0.25, 0.3) is 5.91 Å². The van der Waals surface area contributed by atoms with Crippen LogP contribution < -0.4 is 10.6 Å². The maximum atomic E-state index is 12.9. The fourth-order valence-electron chi connectivity index (χ4n) is 2.30. The molecule has 1 heterocycles. The molecule has 0 aliphatic heterocycles. The van der Waals surface area contributed by atoms with Crippen LogP contribution in [0.25, 0.3) is 10.9 Å². The molecular weight excluding hydrogens is 309 g/mol. The molecule has 0 saturated heterocycles. The highest BCUT2D eigenvalue weighted by Crippen LogP contribution is 2.23. The fraction of sp³-hybridized carbons (Fsp3) is 0.0556. The van der Waals surface area contributed by atoms with E-state index in [-0.39, 0.29) is 11.8 Å². The number of fused-ring (bicyclic) bond motifs is 1. The Kier molecular flexibility index (Phi) is 4.20. The Labute approximate surface area is 137 Å². The van der Waals surface area contributed by atoms with E-state index < -0.39 is 5.82 Å². The molecule has 0 saturated carbocycles. The highest BCUT2D eigenvalue weighted by molar-refractivity contribution is 6.05. The molecule has 3 rings (SSSR count). The van der Waals surface area contributed by atoms with E-state index in [1.807, 2.05) is 12.1 Å². The maximum Gasteiger partial charge on any atom is 0.256 e. The van der Waals surface area contributed by atoms with E-state index in [1.54, 1.807) is 18.2 Å². The number of aromatic nitrogens is 1. The van der Waals surface area contributed by atoms with Crippen molar-refractivity contribution in [2.24, 2.45) is 0 Å². The van der Waals surface area contributed by atoms with E-state index >= 15 is 0 Å². The molecule has 5 nitrogen and oxygen atoms in total. The lowest BCUT2D eigenvalue weighted by molar-refractivity contribution is -0.114. The number of rotatable bonds is 3. The SMILES string of the molecule is CC(=O)Nc1cccc2ccc(NC(=O)c3ccc(F)cc3)nc12. The Bertz CT molecular complexity index is 923. The third-order valence-electron chi connectivity index (χ3n) is 3.38. The van der Waals surface area contributed by atoms with Crippen molar-refractivity contribution in [2.75, 3.05) is 10.6 Å². The third-order valence-corrected chi connectivity index (χ3v) is 3.38. The molecule has 24 heavy (non-hydrogen) atoms. The van der Waals surface area contributed by atoms with E-state index in [4.69, 9.17) is 0 Å². The number of halogens is 1. The van der Waals surface area contributed by atoms with Crippen LogP contribution in [-0.2, 0) is 4.79 Å². The first-order chi connectivity index (χ1) is 11.5. The molecule has 120 valence electrons. The van der Waals surface area contributed by atoms with Crippen LogP contribution in [-0.4, -0.2) is 16.8 Å². The molecule has 1 aromatic heterocycles. The van der Waals surface area contributed by atoms with Gasteiger partial charge in [-0.3, -0.25) is 9.59 Å². The largest absolute Gasteiger partial charge is 0.324 e. The van der Waals surface area contributed by atoms with Gasteiger partial charge in [0.15, 0.2) is 0 Å². The molecule has 0 spiro atoms. The standard InChI is InChI=1S/C18H14FN3O2/c1-11(23)20-15-4-2-3-12-7-10-16(21-17(12)15)22-18(24)13-5-8-14(19)9-6-13/h2-10H,1H3,(H,20,23)(H,21,22,24). The predicted molar refractivity (Wildman–Crippen MR) is 90.4 cm³/mol. The summed E-state index contributed by atoms with van der Waals surface area (Å²) in [6.45, 7) is 1.42. The lowest BCUT2D eigenvalue weighted by Crippen LogP contribution is -2.13. The van der Waals surface area contributed by atoms with Gasteiger partial charge < -0.3 is 10.6 Å². The van der Waals surface area contributed by atoms with Crippen LogP contribution in [0.2, 0.25) is 0 Å². The van der Waals surface area contributed by atoms with Crippen LogP contribution >= 0.6 is 0 Å². The number of anilines is 2. The monoisotopic (exact) mass is 323 g/mol. The summed E-state index contributed by atoms with van der Waals surface area (Å²) in [4.78, 5) is 27.9. The average Bonchev–Trinajstić information content (AvgIpc) is 2.55. The molecule has 3 aromatic rings. The number of hydrogen-bond donors (Lipinski definition) is 2. The van der Waals surface area contributed by atoms with Gasteiger partial charge in [0, 0.05) is 17.9 Å². The topological polar surface area (TPSA) is 71.1 Å². The first-order valence-electron chi connectivity index (χ1n) is 7.27. The van der Waals surface area contributed by atoms with Crippen molar-refractivity contribution in [3.8, 4) is 0 Å². The Balaban J connectivity index is 1.91. The zero-order valence-electron chi connectivity index (χ0n) is 12.8. The number of amides is 2. The van der Waals surface area contributed by atoms with Crippen molar-refractivity contribution in [3.05, 3.63) is 66.0 Å². The van der Waals surface area contributed by atoms with Crippen molar-refractivity contribution in [1.29, 1.82) is 0 Å². The number of pyridine rings is 1. The third kappa shape index (κ3) is 3.38. The average molecular weight is 323 g/mol. The van der Waals surface area contributed by atoms with Crippen LogP contribution in [0.15, 0.2) is 54.6 Å². The summed E-state index contributed by atoms with van der Waals surface area (Å²) in [6, 6.07) is 14.1. The van der Waals surface area contributed by atoms with E-state index in [0.717, 1.165) is 5.39 Å². The normalized spacial score (nSPS) is 10.4. The van der Waals surface area contributed by atoms with E-state index in [9.17, 15) is 14.0 Å². The van der Waals surface area contributed by atoms with Crippen LogP contribution in [0.4, 0.5) is 15.9 Å². The molecule has 2 amide bonds. The Hall–Kier alpha value is -3.28. The van der Waals surface area contributed by atoms with Crippen molar-refractivity contribution < 1.29 is 14.0 Å². The summed E-state index contributed by atoms with van der Waals surface area (Å²) in [6.07, 6.45) is 0. The van der Waals surface area contributed by atoms with Gasteiger partial charge in [-0.1, -0.05) is 12.1 Å². The first kappa shape index (κ1) is 15.6. The molecule has 0 unspecified atom stereocenters. The summed E-state index contributed by atoms with van der Waals surface area (Å²) in [5.41, 5.74) is 1.47. The highest BCUT2D eigenvalue weighted by Gasteiger charge is 2.09. The van der Waals surface area contributed by atoms with Crippen LogP contribution in [0.3, 0.4) is 0 Å². The van der Waals surface area contributed by atoms with Gasteiger partial charge in [0.05, 0.1) is 11.2 Å². The minimum absolute atomic E-state index is 0.204. The van der Waals surface area contributed by atoms with Crippen LogP contribution in [0.1, 0.15) is 17.3 Å².